The van der Waals surface area contributed by atoms with Gasteiger partial charge in [0.1, 0.15) is 0 Å². The van der Waals surface area contributed by atoms with Crippen molar-refractivity contribution in [1.82, 2.24) is 10.3 Å². The SMILES string of the molecule is c1ccc(SC2CCNCC2)nc1. The minimum absolute atomic E-state index is 0.760. The van der Waals surface area contributed by atoms with E-state index in [4.69, 9.17) is 0 Å². The minimum Gasteiger partial charge on any atom is -0.317 e. The largest absolute Gasteiger partial charge is 0.317 e. The van der Waals surface area contributed by atoms with Gasteiger partial charge in [0.25, 0.3) is 0 Å². The Hall–Kier alpha value is -0.540. The Morgan fingerprint density at radius 2 is 2.15 bits per heavy atom. The maximum Gasteiger partial charge on any atom is 0.0962 e. The molecule has 3 heteroatoms. The third-order valence-corrected chi connectivity index (χ3v) is 3.50. The molecular weight excluding hydrogens is 180 g/mol. The summed E-state index contributed by atoms with van der Waals surface area (Å²) < 4.78 is 0. The van der Waals surface area contributed by atoms with Crippen LogP contribution in [0.2, 0.25) is 0 Å². The Kier molecular flexibility index (Phi) is 3.22. The van der Waals surface area contributed by atoms with E-state index in [0.29, 0.717) is 0 Å². The summed E-state index contributed by atoms with van der Waals surface area (Å²) in [5.41, 5.74) is 0. The van der Waals surface area contributed by atoms with E-state index >= 15 is 0 Å². The molecule has 1 aliphatic rings. The average molecular weight is 194 g/mol. The number of piperidine rings is 1. The molecule has 0 atom stereocenters. The van der Waals surface area contributed by atoms with Crippen molar-refractivity contribution >= 4 is 11.8 Å². The number of hydrogen-bond acceptors (Lipinski definition) is 3. The first-order valence-corrected chi connectivity index (χ1v) is 5.61. The standard InChI is InChI=1S/C10H14N2S/c1-2-6-12-10(3-1)13-9-4-7-11-8-5-9/h1-3,6,9,11H,4-5,7-8H2. The van der Waals surface area contributed by atoms with Crippen LogP contribution in [0.15, 0.2) is 29.4 Å². The van der Waals surface area contributed by atoms with Crippen molar-refractivity contribution in [2.24, 2.45) is 0 Å². The van der Waals surface area contributed by atoms with Gasteiger partial charge in [-0.3, -0.25) is 0 Å². The van der Waals surface area contributed by atoms with Gasteiger partial charge >= 0.3 is 0 Å². The number of hydrogen-bond donors (Lipinski definition) is 1. The molecule has 1 aliphatic heterocycles. The molecule has 0 spiro atoms. The van der Waals surface area contributed by atoms with Crippen molar-refractivity contribution in [2.75, 3.05) is 13.1 Å². The summed E-state index contributed by atoms with van der Waals surface area (Å²) in [5.74, 6) is 0. The van der Waals surface area contributed by atoms with Crippen LogP contribution < -0.4 is 5.32 Å². The zero-order valence-corrected chi connectivity index (χ0v) is 8.39. The normalized spacial score (nSPS) is 18.8. The number of pyridine rings is 1. The molecule has 1 fully saturated rings. The van der Waals surface area contributed by atoms with E-state index in [2.05, 4.69) is 22.4 Å². The zero-order valence-electron chi connectivity index (χ0n) is 7.57. The van der Waals surface area contributed by atoms with Gasteiger partial charge < -0.3 is 5.32 Å². The number of nitrogens with one attached hydrogen (secondary N) is 1. The fourth-order valence-corrected chi connectivity index (χ4v) is 2.59. The molecule has 0 saturated carbocycles. The van der Waals surface area contributed by atoms with Crippen LogP contribution >= 0.6 is 11.8 Å². The van der Waals surface area contributed by atoms with E-state index < -0.39 is 0 Å². The van der Waals surface area contributed by atoms with E-state index in [9.17, 15) is 0 Å². The monoisotopic (exact) mass is 194 g/mol. The van der Waals surface area contributed by atoms with E-state index in [1.807, 2.05) is 24.0 Å². The van der Waals surface area contributed by atoms with Crippen LogP contribution in [0.25, 0.3) is 0 Å². The Balaban J connectivity index is 1.90. The van der Waals surface area contributed by atoms with E-state index in [0.717, 1.165) is 23.4 Å². The van der Waals surface area contributed by atoms with Gasteiger partial charge in [-0.2, -0.15) is 0 Å². The Bertz CT molecular complexity index is 244. The number of rotatable bonds is 2. The molecule has 2 nitrogen and oxygen atoms in total. The van der Waals surface area contributed by atoms with Gasteiger partial charge in [0.2, 0.25) is 0 Å². The van der Waals surface area contributed by atoms with E-state index in [1.54, 1.807) is 0 Å². The highest BCUT2D eigenvalue weighted by atomic mass is 32.2. The summed E-state index contributed by atoms with van der Waals surface area (Å²) in [5, 5.41) is 5.29. The number of aromatic nitrogens is 1. The summed E-state index contributed by atoms with van der Waals surface area (Å²) in [6.45, 7) is 2.31. The van der Waals surface area contributed by atoms with Crippen molar-refractivity contribution in [3.05, 3.63) is 24.4 Å². The molecule has 70 valence electrons. The van der Waals surface area contributed by atoms with Crippen molar-refractivity contribution in [3.8, 4) is 0 Å². The van der Waals surface area contributed by atoms with E-state index in [-0.39, 0.29) is 0 Å². The lowest BCUT2D eigenvalue weighted by Crippen LogP contribution is -2.29. The van der Waals surface area contributed by atoms with Gasteiger partial charge in [-0.15, -0.1) is 11.8 Å². The van der Waals surface area contributed by atoms with Crippen molar-refractivity contribution in [3.63, 3.8) is 0 Å². The van der Waals surface area contributed by atoms with Crippen molar-refractivity contribution in [1.29, 1.82) is 0 Å². The minimum atomic E-state index is 0.760. The van der Waals surface area contributed by atoms with Crippen LogP contribution in [-0.2, 0) is 0 Å². The molecule has 1 N–H and O–H groups in total. The third-order valence-electron chi connectivity index (χ3n) is 2.21. The van der Waals surface area contributed by atoms with E-state index in [1.165, 1.54) is 12.8 Å². The lowest BCUT2D eigenvalue weighted by Gasteiger charge is -2.21. The van der Waals surface area contributed by atoms with Crippen LogP contribution in [0, 0.1) is 0 Å². The predicted molar refractivity (Wildman–Crippen MR) is 56.0 cm³/mol. The maximum atomic E-state index is 4.32. The molecule has 0 radical (unpaired) electrons. The smallest absolute Gasteiger partial charge is 0.0962 e. The maximum absolute atomic E-state index is 4.32. The molecule has 1 saturated heterocycles. The second-order valence-corrected chi connectivity index (χ2v) is 4.56. The molecule has 0 aliphatic carbocycles. The Labute approximate surface area is 83.1 Å². The van der Waals surface area contributed by atoms with Gasteiger partial charge in [0.15, 0.2) is 0 Å². The van der Waals surface area contributed by atoms with Gasteiger partial charge in [-0.25, -0.2) is 4.98 Å². The number of thioether (sulfide) groups is 1. The number of nitrogens with zero attached hydrogens (tertiary/aromatic N) is 1. The summed E-state index contributed by atoms with van der Waals surface area (Å²) in [6, 6.07) is 6.11. The molecule has 1 aromatic heterocycles. The van der Waals surface area contributed by atoms with Gasteiger partial charge in [-0.1, -0.05) is 6.07 Å². The second-order valence-electron chi connectivity index (χ2n) is 3.24. The predicted octanol–water partition coefficient (Wildman–Crippen LogP) is 1.93. The van der Waals surface area contributed by atoms with Crippen molar-refractivity contribution in [2.45, 2.75) is 23.1 Å². The topological polar surface area (TPSA) is 24.9 Å². The van der Waals surface area contributed by atoms with Crippen LogP contribution in [0.4, 0.5) is 0 Å². The van der Waals surface area contributed by atoms with Crippen LogP contribution in [-0.4, -0.2) is 23.3 Å². The van der Waals surface area contributed by atoms with Gasteiger partial charge in [0, 0.05) is 11.4 Å². The average Bonchev–Trinajstić information content (AvgIpc) is 2.21. The first-order chi connectivity index (χ1) is 6.45. The molecule has 2 heterocycles. The molecule has 0 aromatic carbocycles. The molecule has 0 amide bonds. The highest BCUT2D eigenvalue weighted by Gasteiger charge is 2.14. The third kappa shape index (κ3) is 2.71. The summed E-state index contributed by atoms with van der Waals surface area (Å²) in [7, 11) is 0. The summed E-state index contributed by atoms with van der Waals surface area (Å²) >= 11 is 1.91. The van der Waals surface area contributed by atoms with Gasteiger partial charge in [0.05, 0.1) is 5.03 Å². The second kappa shape index (κ2) is 4.63. The quantitative estimate of drug-likeness (QED) is 0.778. The fraction of sp³-hybridized carbons (Fsp3) is 0.500. The Morgan fingerprint density at radius 1 is 1.31 bits per heavy atom. The lowest BCUT2D eigenvalue weighted by atomic mass is 10.2. The highest BCUT2D eigenvalue weighted by molar-refractivity contribution is 7.99. The molecule has 1 aromatic rings. The first kappa shape index (κ1) is 9.03. The first-order valence-electron chi connectivity index (χ1n) is 4.73. The van der Waals surface area contributed by atoms with Crippen LogP contribution in [0.5, 0.6) is 0 Å². The Morgan fingerprint density at radius 3 is 2.85 bits per heavy atom. The van der Waals surface area contributed by atoms with Crippen molar-refractivity contribution < 1.29 is 0 Å². The highest BCUT2D eigenvalue weighted by Crippen LogP contribution is 2.26. The summed E-state index contributed by atoms with van der Waals surface area (Å²) in [6.07, 6.45) is 4.39. The van der Waals surface area contributed by atoms with Crippen LogP contribution in [0.3, 0.4) is 0 Å². The summed E-state index contributed by atoms with van der Waals surface area (Å²) in [4.78, 5) is 4.32. The molecule has 2 rings (SSSR count). The van der Waals surface area contributed by atoms with Crippen LogP contribution in [0.1, 0.15) is 12.8 Å². The molecule has 0 bridgehead atoms. The molecule has 13 heavy (non-hydrogen) atoms. The molecular formula is C10H14N2S. The fourth-order valence-electron chi connectivity index (χ4n) is 1.50. The zero-order chi connectivity index (χ0) is 8.93. The van der Waals surface area contributed by atoms with Gasteiger partial charge in [-0.05, 0) is 38.1 Å². The lowest BCUT2D eigenvalue weighted by molar-refractivity contribution is 0.531. The molecule has 0 unspecified atom stereocenters.